The molecule has 2 aliphatic heterocycles. The van der Waals surface area contributed by atoms with E-state index in [1.165, 1.54) is 15.7 Å². The Morgan fingerprint density at radius 1 is 1.15 bits per heavy atom. The number of nitrogens with zero attached hydrogens (tertiary/aromatic N) is 5. The van der Waals surface area contributed by atoms with Crippen molar-refractivity contribution in [3.05, 3.63) is 76.6 Å². The third kappa shape index (κ3) is 3.73. The summed E-state index contributed by atoms with van der Waals surface area (Å²) in [5.74, 6) is -0.961. The largest absolute Gasteiger partial charge is 0.326 e. The number of rotatable bonds is 3. The second-order valence-electron chi connectivity index (χ2n) is 8.08. The minimum Gasteiger partial charge on any atom is -0.326 e. The summed E-state index contributed by atoms with van der Waals surface area (Å²) in [7, 11) is -3.69. The number of hydrogen-bond donors (Lipinski definition) is 0. The molecule has 3 heterocycles. The van der Waals surface area contributed by atoms with E-state index in [9.17, 15) is 18.0 Å². The number of benzene rings is 2. The topological polar surface area (TPSA) is 116 Å². The fourth-order valence-electron chi connectivity index (χ4n) is 4.34. The first kappa shape index (κ1) is 22.1. The molecule has 0 spiro atoms. The Morgan fingerprint density at radius 3 is 2.59 bits per heavy atom. The molecule has 0 bridgehead atoms. The maximum absolute atomic E-state index is 13.4. The van der Waals surface area contributed by atoms with Gasteiger partial charge in [0.1, 0.15) is 12.2 Å². The van der Waals surface area contributed by atoms with Crippen molar-refractivity contribution in [3.8, 4) is 6.07 Å². The van der Waals surface area contributed by atoms with Crippen LogP contribution in [0.5, 0.6) is 0 Å². The number of halogens is 1. The highest BCUT2D eigenvalue weighted by Gasteiger charge is 2.41. The second-order valence-corrected chi connectivity index (χ2v) is 10.4. The van der Waals surface area contributed by atoms with Gasteiger partial charge in [-0.1, -0.05) is 29.8 Å². The van der Waals surface area contributed by atoms with Gasteiger partial charge < -0.3 is 14.4 Å². The molecule has 0 radical (unpaired) electrons. The first-order valence-corrected chi connectivity index (χ1v) is 12.5. The Bertz CT molecular complexity index is 1460. The normalized spacial score (nSPS) is 19.1. The number of sulfone groups is 1. The standard InChI is InChI=1S/C23H18ClN5O4S/c24-17-2-1-3-18(10-17)28-9-8-27(13-21(28)30)22(31)19-12-26-23-29(19)20(14-34(23,32)33)16-6-4-15(11-25)5-7-16/h1-7,10,12,20H,8-9,13-14H2. The summed E-state index contributed by atoms with van der Waals surface area (Å²) in [6.07, 6.45) is 1.25. The molecule has 1 fully saturated rings. The van der Waals surface area contributed by atoms with Gasteiger partial charge in [0.05, 0.1) is 29.6 Å². The van der Waals surface area contributed by atoms with Crippen molar-refractivity contribution < 1.29 is 18.0 Å². The van der Waals surface area contributed by atoms with Gasteiger partial charge in [-0.15, -0.1) is 0 Å². The van der Waals surface area contributed by atoms with Gasteiger partial charge in [-0.3, -0.25) is 9.59 Å². The van der Waals surface area contributed by atoms with Crippen molar-refractivity contribution in [2.45, 2.75) is 11.2 Å². The molecule has 0 saturated carbocycles. The van der Waals surface area contributed by atoms with Crippen LogP contribution in [0, 0.1) is 11.3 Å². The molecule has 1 unspecified atom stereocenters. The predicted octanol–water partition coefficient (Wildman–Crippen LogP) is 2.27. The molecule has 11 heteroatoms. The lowest BCUT2D eigenvalue weighted by Gasteiger charge is -2.34. The monoisotopic (exact) mass is 495 g/mol. The van der Waals surface area contributed by atoms with Crippen LogP contribution in [-0.2, 0) is 14.6 Å². The Kier molecular flexibility index (Phi) is 5.38. The first-order chi connectivity index (χ1) is 16.3. The number of imidazole rings is 1. The van der Waals surface area contributed by atoms with E-state index in [1.54, 1.807) is 53.4 Å². The number of amides is 2. The molecule has 0 aliphatic carbocycles. The van der Waals surface area contributed by atoms with Crippen LogP contribution in [0.4, 0.5) is 5.69 Å². The van der Waals surface area contributed by atoms with Crippen molar-refractivity contribution in [3.63, 3.8) is 0 Å². The molecule has 1 saturated heterocycles. The molecule has 1 atom stereocenters. The molecule has 2 aliphatic rings. The van der Waals surface area contributed by atoms with Crippen LogP contribution in [0.15, 0.2) is 59.9 Å². The molecular formula is C23H18ClN5O4S. The van der Waals surface area contributed by atoms with Gasteiger partial charge >= 0.3 is 0 Å². The van der Waals surface area contributed by atoms with Crippen LogP contribution in [0.1, 0.15) is 27.7 Å². The van der Waals surface area contributed by atoms with Crippen LogP contribution in [0.2, 0.25) is 5.02 Å². The molecule has 2 aromatic carbocycles. The van der Waals surface area contributed by atoms with Crippen LogP contribution >= 0.6 is 11.6 Å². The molecule has 1 aromatic heterocycles. The zero-order valence-corrected chi connectivity index (χ0v) is 19.3. The van der Waals surface area contributed by atoms with Gasteiger partial charge in [0.25, 0.3) is 5.91 Å². The molecule has 0 N–H and O–H groups in total. The zero-order chi connectivity index (χ0) is 24.0. The van der Waals surface area contributed by atoms with Gasteiger partial charge in [-0.25, -0.2) is 13.4 Å². The number of anilines is 1. The van der Waals surface area contributed by atoms with E-state index in [4.69, 9.17) is 16.9 Å². The summed E-state index contributed by atoms with van der Waals surface area (Å²) >= 11 is 6.04. The lowest BCUT2D eigenvalue weighted by atomic mass is 10.1. The number of aromatic nitrogens is 2. The number of fused-ring (bicyclic) bond motifs is 1. The number of piperazine rings is 1. The summed E-state index contributed by atoms with van der Waals surface area (Å²) in [4.78, 5) is 33.2. The Hall–Kier alpha value is -3.68. The van der Waals surface area contributed by atoms with Crippen LogP contribution < -0.4 is 4.90 Å². The van der Waals surface area contributed by atoms with E-state index in [2.05, 4.69) is 4.98 Å². The van der Waals surface area contributed by atoms with Crippen LogP contribution in [0.3, 0.4) is 0 Å². The highest BCUT2D eigenvalue weighted by Crippen LogP contribution is 2.34. The maximum Gasteiger partial charge on any atom is 0.272 e. The van der Waals surface area contributed by atoms with Gasteiger partial charge in [0.15, 0.2) is 0 Å². The zero-order valence-electron chi connectivity index (χ0n) is 17.8. The highest BCUT2D eigenvalue weighted by molar-refractivity contribution is 7.91. The predicted molar refractivity (Wildman–Crippen MR) is 123 cm³/mol. The van der Waals surface area contributed by atoms with Crippen LogP contribution in [0.25, 0.3) is 0 Å². The minimum absolute atomic E-state index is 0.106. The lowest BCUT2D eigenvalue weighted by molar-refractivity contribution is -0.120. The van der Waals surface area contributed by atoms with E-state index in [1.807, 2.05) is 6.07 Å². The third-order valence-electron chi connectivity index (χ3n) is 6.00. The van der Waals surface area contributed by atoms with Crippen molar-refractivity contribution >= 4 is 38.9 Å². The number of carbonyl (C=O) groups excluding carboxylic acids is 2. The van der Waals surface area contributed by atoms with Crippen molar-refractivity contribution in [1.82, 2.24) is 14.5 Å². The summed E-state index contributed by atoms with van der Waals surface area (Å²) < 4.78 is 26.9. The summed E-state index contributed by atoms with van der Waals surface area (Å²) in [5, 5.41) is 9.38. The molecule has 172 valence electrons. The molecule has 3 aromatic rings. The molecular weight excluding hydrogens is 478 g/mol. The smallest absolute Gasteiger partial charge is 0.272 e. The van der Waals surface area contributed by atoms with E-state index in [0.717, 1.165) is 0 Å². The summed E-state index contributed by atoms with van der Waals surface area (Å²) in [6, 6.07) is 14.9. The molecule has 34 heavy (non-hydrogen) atoms. The number of nitriles is 1. The number of hydrogen-bond acceptors (Lipinski definition) is 6. The maximum atomic E-state index is 13.4. The Balaban J connectivity index is 1.43. The van der Waals surface area contributed by atoms with Crippen molar-refractivity contribution in [2.24, 2.45) is 0 Å². The SMILES string of the molecule is N#Cc1ccc(C2CS(=O)(=O)c3ncc(C(=O)N4CCN(c5cccc(Cl)c5)C(=O)C4)n32)cc1. The Labute approximate surface area is 200 Å². The van der Waals surface area contributed by atoms with E-state index in [0.29, 0.717) is 21.8 Å². The minimum atomic E-state index is -3.69. The van der Waals surface area contributed by atoms with Gasteiger partial charge in [0, 0.05) is 23.8 Å². The average Bonchev–Trinajstić information content (AvgIpc) is 3.38. The lowest BCUT2D eigenvalue weighted by Crippen LogP contribution is -2.52. The molecule has 9 nitrogen and oxygen atoms in total. The van der Waals surface area contributed by atoms with E-state index in [-0.39, 0.29) is 42.1 Å². The summed E-state index contributed by atoms with van der Waals surface area (Å²) in [5.41, 5.74) is 1.86. The third-order valence-corrected chi connectivity index (χ3v) is 7.85. The molecule has 5 rings (SSSR count). The fraction of sp³-hybridized carbons (Fsp3) is 0.217. The average molecular weight is 496 g/mol. The quantitative estimate of drug-likeness (QED) is 0.550. The Morgan fingerprint density at radius 2 is 1.91 bits per heavy atom. The van der Waals surface area contributed by atoms with Crippen LogP contribution in [-0.4, -0.2) is 60.1 Å². The van der Waals surface area contributed by atoms with Gasteiger partial charge in [-0.2, -0.15) is 5.26 Å². The van der Waals surface area contributed by atoms with Crippen molar-refractivity contribution in [1.29, 1.82) is 5.26 Å². The van der Waals surface area contributed by atoms with Crippen molar-refractivity contribution in [2.75, 3.05) is 30.3 Å². The van der Waals surface area contributed by atoms with Gasteiger partial charge in [0.2, 0.25) is 20.9 Å². The fourth-order valence-corrected chi connectivity index (χ4v) is 6.17. The molecule has 2 amide bonds. The van der Waals surface area contributed by atoms with Gasteiger partial charge in [-0.05, 0) is 35.9 Å². The second kappa shape index (κ2) is 8.27. The summed E-state index contributed by atoms with van der Waals surface area (Å²) in [6.45, 7) is 0.398. The first-order valence-electron chi connectivity index (χ1n) is 10.4. The van der Waals surface area contributed by atoms with E-state index < -0.39 is 21.8 Å². The number of carbonyl (C=O) groups is 2. The highest BCUT2D eigenvalue weighted by atomic mass is 35.5. The van der Waals surface area contributed by atoms with E-state index >= 15 is 0 Å².